The van der Waals surface area contributed by atoms with E-state index in [4.69, 9.17) is 16.3 Å². The van der Waals surface area contributed by atoms with Gasteiger partial charge in [-0.3, -0.25) is 14.7 Å². The Morgan fingerprint density at radius 1 is 1.24 bits per heavy atom. The van der Waals surface area contributed by atoms with Crippen molar-refractivity contribution in [2.45, 2.75) is 12.5 Å². The second-order valence-corrected chi connectivity index (χ2v) is 6.49. The van der Waals surface area contributed by atoms with Gasteiger partial charge in [0.25, 0.3) is 0 Å². The van der Waals surface area contributed by atoms with Crippen molar-refractivity contribution in [3.63, 3.8) is 0 Å². The molecule has 25 heavy (non-hydrogen) atoms. The first-order chi connectivity index (χ1) is 12.2. The third kappa shape index (κ3) is 5.26. The molecule has 6 heteroatoms. The van der Waals surface area contributed by atoms with E-state index >= 15 is 0 Å². The molecule has 2 aromatic rings. The summed E-state index contributed by atoms with van der Waals surface area (Å²) in [7, 11) is 0. The van der Waals surface area contributed by atoms with Crippen molar-refractivity contribution >= 4 is 17.5 Å². The minimum atomic E-state index is -0.00502. The molecule has 0 saturated carbocycles. The standard InChI is InChI=1S/C19H22ClN3O2/c20-17-3-1-2-15(12-17)13-19(24)22-14-18(16-4-6-21-7-5-16)23-8-10-25-11-9-23/h1-7,12,18H,8-11,13-14H2,(H,22,24)/t18-/m0/s1. The molecule has 1 fully saturated rings. The Bertz CT molecular complexity index is 690. The van der Waals surface area contributed by atoms with Crippen LogP contribution in [0.3, 0.4) is 0 Å². The number of rotatable bonds is 6. The number of hydrogen-bond donors (Lipinski definition) is 1. The van der Waals surface area contributed by atoms with Gasteiger partial charge in [0.15, 0.2) is 0 Å². The van der Waals surface area contributed by atoms with Crippen molar-refractivity contribution in [3.8, 4) is 0 Å². The first-order valence-electron chi connectivity index (χ1n) is 8.45. The highest BCUT2D eigenvalue weighted by atomic mass is 35.5. The van der Waals surface area contributed by atoms with E-state index in [0.29, 0.717) is 18.0 Å². The molecule has 2 heterocycles. The molecule has 0 unspecified atom stereocenters. The van der Waals surface area contributed by atoms with Gasteiger partial charge in [-0.2, -0.15) is 0 Å². The van der Waals surface area contributed by atoms with Crippen LogP contribution in [0, 0.1) is 0 Å². The largest absolute Gasteiger partial charge is 0.379 e. The Morgan fingerprint density at radius 2 is 2.00 bits per heavy atom. The summed E-state index contributed by atoms with van der Waals surface area (Å²) in [4.78, 5) is 18.8. The van der Waals surface area contributed by atoms with E-state index in [1.54, 1.807) is 18.5 Å². The fourth-order valence-electron chi connectivity index (χ4n) is 3.04. The van der Waals surface area contributed by atoms with E-state index in [9.17, 15) is 4.79 Å². The molecule has 1 amide bonds. The normalized spacial score (nSPS) is 16.4. The summed E-state index contributed by atoms with van der Waals surface area (Å²) in [6.07, 6.45) is 3.90. The molecule has 0 bridgehead atoms. The zero-order valence-electron chi connectivity index (χ0n) is 14.0. The van der Waals surface area contributed by atoms with Gasteiger partial charge < -0.3 is 10.1 Å². The van der Waals surface area contributed by atoms with Crippen LogP contribution in [0.2, 0.25) is 5.02 Å². The van der Waals surface area contributed by atoms with Crippen molar-refractivity contribution in [1.82, 2.24) is 15.2 Å². The molecule has 132 valence electrons. The summed E-state index contributed by atoms with van der Waals surface area (Å²) < 4.78 is 5.45. The molecule has 0 aliphatic carbocycles. The van der Waals surface area contributed by atoms with Gasteiger partial charge in [-0.1, -0.05) is 23.7 Å². The second kappa shape index (κ2) is 8.94. The molecular formula is C19H22ClN3O2. The van der Waals surface area contributed by atoms with Crippen LogP contribution < -0.4 is 5.32 Å². The third-order valence-corrected chi connectivity index (χ3v) is 4.56. The van der Waals surface area contributed by atoms with Crippen LogP contribution in [0.5, 0.6) is 0 Å². The zero-order valence-corrected chi connectivity index (χ0v) is 14.8. The van der Waals surface area contributed by atoms with Crippen molar-refractivity contribution in [1.29, 1.82) is 0 Å². The minimum Gasteiger partial charge on any atom is -0.379 e. The van der Waals surface area contributed by atoms with Crippen LogP contribution >= 0.6 is 11.6 Å². The summed E-state index contributed by atoms with van der Waals surface area (Å²) in [5, 5.41) is 3.71. The van der Waals surface area contributed by atoms with Gasteiger partial charge in [0, 0.05) is 37.1 Å². The van der Waals surface area contributed by atoms with Gasteiger partial charge in [-0.05, 0) is 35.4 Å². The number of carbonyl (C=O) groups is 1. The number of halogens is 1. The number of nitrogens with one attached hydrogen (secondary N) is 1. The lowest BCUT2D eigenvalue weighted by Crippen LogP contribution is -2.44. The smallest absolute Gasteiger partial charge is 0.224 e. The maximum absolute atomic E-state index is 12.3. The van der Waals surface area contributed by atoms with Crippen LogP contribution in [0.4, 0.5) is 0 Å². The summed E-state index contributed by atoms with van der Waals surface area (Å²) >= 11 is 5.98. The lowest BCUT2D eigenvalue weighted by Gasteiger charge is -2.34. The Hall–Kier alpha value is -1.95. The predicted octanol–water partition coefficient (Wildman–Crippen LogP) is 2.47. The first-order valence-corrected chi connectivity index (χ1v) is 8.83. The van der Waals surface area contributed by atoms with Crippen molar-refractivity contribution in [2.24, 2.45) is 0 Å². The van der Waals surface area contributed by atoms with E-state index in [-0.39, 0.29) is 11.9 Å². The van der Waals surface area contributed by atoms with E-state index in [0.717, 1.165) is 37.4 Å². The summed E-state index contributed by atoms with van der Waals surface area (Å²) in [5.74, 6) is -0.00502. The van der Waals surface area contributed by atoms with Crippen LogP contribution in [-0.4, -0.2) is 48.6 Å². The molecule has 1 aromatic heterocycles. The number of pyridine rings is 1. The number of benzene rings is 1. The monoisotopic (exact) mass is 359 g/mol. The van der Waals surface area contributed by atoms with Gasteiger partial charge in [-0.25, -0.2) is 0 Å². The van der Waals surface area contributed by atoms with E-state index < -0.39 is 0 Å². The molecule has 1 saturated heterocycles. The van der Waals surface area contributed by atoms with Gasteiger partial charge in [0.2, 0.25) is 5.91 Å². The maximum Gasteiger partial charge on any atom is 0.224 e. The van der Waals surface area contributed by atoms with Gasteiger partial charge in [0.1, 0.15) is 0 Å². The number of hydrogen-bond acceptors (Lipinski definition) is 4. The molecule has 3 rings (SSSR count). The summed E-state index contributed by atoms with van der Waals surface area (Å²) in [5.41, 5.74) is 2.07. The number of morpholine rings is 1. The molecule has 0 spiro atoms. The van der Waals surface area contributed by atoms with E-state index in [1.165, 1.54) is 0 Å². The van der Waals surface area contributed by atoms with Crippen molar-refractivity contribution in [2.75, 3.05) is 32.8 Å². The van der Waals surface area contributed by atoms with Gasteiger partial charge in [-0.15, -0.1) is 0 Å². The van der Waals surface area contributed by atoms with E-state index in [2.05, 4.69) is 15.2 Å². The minimum absolute atomic E-state index is 0.00502. The molecule has 1 atom stereocenters. The Balaban J connectivity index is 1.62. The lowest BCUT2D eigenvalue weighted by molar-refractivity contribution is -0.120. The molecule has 0 radical (unpaired) electrons. The van der Waals surface area contributed by atoms with Gasteiger partial charge in [0.05, 0.1) is 25.7 Å². The van der Waals surface area contributed by atoms with Crippen LogP contribution in [-0.2, 0) is 16.0 Å². The fraction of sp³-hybridized carbons (Fsp3) is 0.368. The van der Waals surface area contributed by atoms with Crippen LogP contribution in [0.15, 0.2) is 48.8 Å². The zero-order chi connectivity index (χ0) is 17.5. The van der Waals surface area contributed by atoms with Crippen molar-refractivity contribution < 1.29 is 9.53 Å². The maximum atomic E-state index is 12.3. The number of amides is 1. The first kappa shape index (κ1) is 17.9. The molecular weight excluding hydrogens is 338 g/mol. The SMILES string of the molecule is O=C(Cc1cccc(Cl)c1)NC[C@@H](c1ccncc1)N1CCOCC1. The van der Waals surface area contributed by atoms with E-state index in [1.807, 2.05) is 30.3 Å². The summed E-state index contributed by atoms with van der Waals surface area (Å²) in [6.45, 7) is 3.72. The highest BCUT2D eigenvalue weighted by Crippen LogP contribution is 2.20. The Kier molecular flexibility index (Phi) is 6.39. The highest BCUT2D eigenvalue weighted by molar-refractivity contribution is 6.30. The Morgan fingerprint density at radius 3 is 2.72 bits per heavy atom. The number of nitrogens with zero attached hydrogens (tertiary/aromatic N) is 2. The number of carbonyl (C=O) groups excluding carboxylic acids is 1. The molecule has 1 N–H and O–H groups in total. The Labute approximate surface area is 153 Å². The topological polar surface area (TPSA) is 54.5 Å². The quantitative estimate of drug-likeness (QED) is 0.860. The van der Waals surface area contributed by atoms with Gasteiger partial charge >= 0.3 is 0 Å². The third-order valence-electron chi connectivity index (χ3n) is 4.32. The fourth-order valence-corrected chi connectivity index (χ4v) is 3.25. The lowest BCUT2D eigenvalue weighted by atomic mass is 10.1. The second-order valence-electron chi connectivity index (χ2n) is 6.06. The molecule has 1 aliphatic rings. The van der Waals surface area contributed by atoms with Crippen LogP contribution in [0.1, 0.15) is 17.2 Å². The molecule has 1 aromatic carbocycles. The van der Waals surface area contributed by atoms with Crippen molar-refractivity contribution in [3.05, 3.63) is 64.9 Å². The highest BCUT2D eigenvalue weighted by Gasteiger charge is 2.23. The predicted molar refractivity (Wildman–Crippen MR) is 97.5 cm³/mol. The number of aromatic nitrogens is 1. The number of ether oxygens (including phenoxy) is 1. The molecule has 1 aliphatic heterocycles. The average molecular weight is 360 g/mol. The van der Waals surface area contributed by atoms with Crippen LogP contribution in [0.25, 0.3) is 0 Å². The average Bonchev–Trinajstić information content (AvgIpc) is 2.64. The summed E-state index contributed by atoms with van der Waals surface area (Å²) in [6, 6.07) is 11.5. The molecule has 5 nitrogen and oxygen atoms in total.